The highest BCUT2D eigenvalue weighted by atomic mass is 32.2. The van der Waals surface area contributed by atoms with Crippen molar-refractivity contribution in [3.63, 3.8) is 0 Å². The van der Waals surface area contributed by atoms with Crippen LogP contribution in [0.2, 0.25) is 0 Å². The zero-order valence-corrected chi connectivity index (χ0v) is 15.1. The summed E-state index contributed by atoms with van der Waals surface area (Å²) in [5.41, 5.74) is 5.08. The number of carbonyl (C=O) groups excluding carboxylic acids is 2. The van der Waals surface area contributed by atoms with E-state index in [-0.39, 0.29) is 18.0 Å². The molecule has 0 radical (unpaired) electrons. The third kappa shape index (κ3) is 7.90. The Balaban J connectivity index is 0.000000307. The number of unbranched alkanes of at least 4 members (excludes halogenated alkanes) is 3. The summed E-state index contributed by atoms with van der Waals surface area (Å²) in [7, 11) is 0. The Morgan fingerprint density at radius 1 is 1.21 bits per heavy atom. The maximum absolute atomic E-state index is 11.1. The van der Waals surface area contributed by atoms with Gasteiger partial charge < -0.3 is 21.5 Å². The van der Waals surface area contributed by atoms with E-state index < -0.39 is 5.97 Å². The zero-order valence-electron chi connectivity index (χ0n) is 14.3. The molecule has 2 aliphatic heterocycles. The number of carboxylic acid groups (broad SMARTS) is 1. The normalized spacial score (nSPS) is 24.4. The molecule has 2 aliphatic rings. The van der Waals surface area contributed by atoms with Crippen LogP contribution in [0, 0.1) is 0 Å². The van der Waals surface area contributed by atoms with E-state index in [1.807, 2.05) is 11.8 Å². The summed E-state index contributed by atoms with van der Waals surface area (Å²) >= 11 is 1.90. The lowest BCUT2D eigenvalue weighted by molar-refractivity contribution is -0.137. The third-order valence-electron chi connectivity index (χ3n) is 4.09. The summed E-state index contributed by atoms with van der Waals surface area (Å²) < 4.78 is 0. The molecule has 2 heterocycles. The van der Waals surface area contributed by atoms with Crippen LogP contribution >= 0.6 is 11.8 Å². The summed E-state index contributed by atoms with van der Waals surface area (Å²) in [6, 6.07) is 0.516. The van der Waals surface area contributed by atoms with Gasteiger partial charge in [-0.05, 0) is 19.3 Å². The van der Waals surface area contributed by atoms with E-state index in [2.05, 4.69) is 17.6 Å². The average Bonchev–Trinajstić information content (AvgIpc) is 3.04. The van der Waals surface area contributed by atoms with Crippen molar-refractivity contribution in [3.8, 4) is 0 Å². The van der Waals surface area contributed by atoms with Crippen LogP contribution in [-0.2, 0) is 9.59 Å². The predicted octanol–water partition coefficient (Wildman–Crippen LogP) is 1.85. The molecule has 0 unspecified atom stereocenters. The SMILES string of the molecule is CCCCCC(=O)O.NC(=O)CCCC[C@@H]1SC[C@@H]2NC(=O)N[C@@H]21. The molecule has 0 aromatic carbocycles. The topological polar surface area (TPSA) is 122 Å². The first-order valence-corrected chi connectivity index (χ1v) is 9.67. The second-order valence-electron chi connectivity index (χ2n) is 6.18. The first-order chi connectivity index (χ1) is 11.4. The molecule has 138 valence electrons. The van der Waals surface area contributed by atoms with Gasteiger partial charge in [-0.25, -0.2) is 4.79 Å². The minimum atomic E-state index is -0.682. The molecule has 8 heteroatoms. The number of hydrogen-bond donors (Lipinski definition) is 4. The van der Waals surface area contributed by atoms with Gasteiger partial charge in [0.1, 0.15) is 0 Å². The van der Waals surface area contributed by atoms with Crippen molar-refractivity contribution in [2.45, 2.75) is 75.6 Å². The van der Waals surface area contributed by atoms with Crippen molar-refractivity contribution in [3.05, 3.63) is 0 Å². The van der Waals surface area contributed by atoms with Crippen LogP contribution in [0.25, 0.3) is 0 Å². The molecule has 2 fully saturated rings. The van der Waals surface area contributed by atoms with Crippen LogP contribution < -0.4 is 16.4 Å². The summed E-state index contributed by atoms with van der Waals surface area (Å²) in [4.78, 5) is 31.6. The minimum absolute atomic E-state index is 0.0440. The molecule has 2 rings (SSSR count). The number of carbonyl (C=O) groups is 3. The molecule has 0 spiro atoms. The van der Waals surface area contributed by atoms with Crippen LogP contribution in [0.1, 0.15) is 58.3 Å². The number of carboxylic acids is 1. The van der Waals surface area contributed by atoms with Crippen molar-refractivity contribution in [1.82, 2.24) is 10.6 Å². The number of nitrogens with two attached hydrogens (primary N) is 1. The molecule has 3 amide bonds. The monoisotopic (exact) mass is 359 g/mol. The molecule has 24 heavy (non-hydrogen) atoms. The molecule has 0 aromatic rings. The number of amides is 3. The Hall–Kier alpha value is -1.44. The molecule has 3 atom stereocenters. The van der Waals surface area contributed by atoms with E-state index in [0.29, 0.717) is 24.1 Å². The van der Waals surface area contributed by atoms with Gasteiger partial charge in [0.2, 0.25) is 5.91 Å². The van der Waals surface area contributed by atoms with Gasteiger partial charge in [-0.1, -0.05) is 26.2 Å². The molecular weight excluding hydrogens is 330 g/mol. The molecule has 2 saturated heterocycles. The smallest absolute Gasteiger partial charge is 0.315 e. The van der Waals surface area contributed by atoms with Crippen LogP contribution in [0.4, 0.5) is 4.79 Å². The summed E-state index contributed by atoms with van der Waals surface area (Å²) in [5, 5.41) is 14.5. The van der Waals surface area contributed by atoms with Crippen molar-refractivity contribution < 1.29 is 19.5 Å². The zero-order chi connectivity index (χ0) is 17.9. The molecule has 0 bridgehead atoms. The van der Waals surface area contributed by atoms with Crippen LogP contribution in [0.3, 0.4) is 0 Å². The van der Waals surface area contributed by atoms with Crippen molar-refractivity contribution >= 4 is 29.7 Å². The van der Waals surface area contributed by atoms with Gasteiger partial charge in [0.05, 0.1) is 12.1 Å². The summed E-state index contributed by atoms with van der Waals surface area (Å²) in [5.74, 6) is 0.0791. The fourth-order valence-corrected chi connectivity index (χ4v) is 4.36. The Kier molecular flexibility index (Phi) is 9.59. The number of nitrogens with one attached hydrogen (secondary N) is 2. The number of fused-ring (bicyclic) bond motifs is 1. The van der Waals surface area contributed by atoms with Crippen LogP contribution in [-0.4, -0.2) is 46.1 Å². The Morgan fingerprint density at radius 3 is 2.54 bits per heavy atom. The molecule has 7 nitrogen and oxygen atoms in total. The Labute approximate surface area is 147 Å². The average molecular weight is 359 g/mol. The molecular formula is C16H29N3O4S. The second-order valence-corrected chi connectivity index (χ2v) is 7.46. The molecule has 0 aromatic heterocycles. The highest BCUT2D eigenvalue weighted by Gasteiger charge is 2.42. The van der Waals surface area contributed by atoms with Crippen LogP contribution in [0.15, 0.2) is 0 Å². The third-order valence-corrected chi connectivity index (χ3v) is 5.60. The highest BCUT2D eigenvalue weighted by Crippen LogP contribution is 2.33. The number of rotatable bonds is 9. The van der Waals surface area contributed by atoms with Gasteiger partial charge in [-0.2, -0.15) is 11.8 Å². The number of primary amides is 1. The minimum Gasteiger partial charge on any atom is -0.481 e. The molecule has 0 saturated carbocycles. The van der Waals surface area contributed by atoms with Crippen molar-refractivity contribution in [2.75, 3.05) is 5.75 Å². The first kappa shape index (κ1) is 20.6. The van der Waals surface area contributed by atoms with E-state index in [1.165, 1.54) is 0 Å². The summed E-state index contributed by atoms with van der Waals surface area (Å²) in [6.45, 7) is 2.06. The van der Waals surface area contributed by atoms with Gasteiger partial charge in [0.25, 0.3) is 0 Å². The van der Waals surface area contributed by atoms with E-state index in [1.54, 1.807) is 0 Å². The standard InChI is InChI=1S/C10H17N3O2S.C6H12O2/c11-8(14)4-2-1-3-7-9-6(5-16-7)12-10(15)13-9;1-2-3-4-5-6(7)8/h6-7,9H,1-5H2,(H2,11,14)(H2,12,13,15);2-5H2,1H3,(H,7,8)/t6-,7-,9-;/m0./s1. The van der Waals surface area contributed by atoms with Gasteiger partial charge in [-0.15, -0.1) is 0 Å². The summed E-state index contributed by atoms with van der Waals surface area (Å²) in [6.07, 6.45) is 6.64. The van der Waals surface area contributed by atoms with E-state index >= 15 is 0 Å². The van der Waals surface area contributed by atoms with E-state index in [4.69, 9.17) is 10.8 Å². The van der Waals surface area contributed by atoms with Crippen LogP contribution in [0.5, 0.6) is 0 Å². The molecule has 0 aliphatic carbocycles. The molecule has 5 N–H and O–H groups in total. The first-order valence-electron chi connectivity index (χ1n) is 8.62. The maximum atomic E-state index is 11.1. The lowest BCUT2D eigenvalue weighted by Gasteiger charge is -2.16. The number of thioether (sulfide) groups is 1. The Morgan fingerprint density at radius 2 is 1.92 bits per heavy atom. The number of urea groups is 1. The van der Waals surface area contributed by atoms with E-state index in [0.717, 1.165) is 44.3 Å². The maximum Gasteiger partial charge on any atom is 0.315 e. The second kappa shape index (κ2) is 11.2. The Bertz CT molecular complexity index is 434. The van der Waals surface area contributed by atoms with Gasteiger partial charge in [0.15, 0.2) is 0 Å². The van der Waals surface area contributed by atoms with Crippen molar-refractivity contribution in [1.29, 1.82) is 0 Å². The van der Waals surface area contributed by atoms with Crippen molar-refractivity contribution in [2.24, 2.45) is 5.73 Å². The lowest BCUT2D eigenvalue weighted by Crippen LogP contribution is -2.36. The van der Waals surface area contributed by atoms with Gasteiger partial charge in [-0.3, -0.25) is 9.59 Å². The lowest BCUT2D eigenvalue weighted by atomic mass is 10.0. The van der Waals surface area contributed by atoms with Gasteiger partial charge in [0, 0.05) is 23.8 Å². The fraction of sp³-hybridized carbons (Fsp3) is 0.812. The fourth-order valence-electron chi connectivity index (χ4n) is 2.81. The number of aliphatic carboxylic acids is 1. The highest BCUT2D eigenvalue weighted by molar-refractivity contribution is 8.00. The van der Waals surface area contributed by atoms with Gasteiger partial charge >= 0.3 is 12.0 Å². The van der Waals surface area contributed by atoms with E-state index in [9.17, 15) is 14.4 Å². The quantitative estimate of drug-likeness (QED) is 0.370. The number of hydrogen-bond acceptors (Lipinski definition) is 4. The largest absolute Gasteiger partial charge is 0.481 e. The predicted molar refractivity (Wildman–Crippen MR) is 94.9 cm³/mol.